The highest BCUT2D eigenvalue weighted by Crippen LogP contribution is 2.37. The van der Waals surface area contributed by atoms with Crippen molar-refractivity contribution < 1.29 is 23.0 Å². The molecule has 0 aliphatic carbocycles. The number of rotatable bonds is 6. The van der Waals surface area contributed by atoms with Crippen LogP contribution in [-0.4, -0.2) is 14.2 Å². The number of aryl methyl sites for hydroxylation is 2. The van der Waals surface area contributed by atoms with Crippen molar-refractivity contribution in [2.75, 3.05) is 14.2 Å². The molecule has 0 unspecified atom stereocenters. The summed E-state index contributed by atoms with van der Waals surface area (Å²) >= 11 is 6.15. The summed E-state index contributed by atoms with van der Waals surface area (Å²) in [6.45, 7) is 3.51. The molecule has 4 aromatic rings. The molecule has 0 aliphatic heterocycles. The average Bonchev–Trinajstić information content (AvgIpc) is 2.78. The molecular formula is C26H22ClFO5. The summed E-state index contributed by atoms with van der Waals surface area (Å²) in [5.74, 6) is 0.622. The summed E-state index contributed by atoms with van der Waals surface area (Å²) in [6.07, 6.45) is 0. The molecule has 0 amide bonds. The number of hydrogen-bond acceptors (Lipinski definition) is 5. The van der Waals surface area contributed by atoms with Gasteiger partial charge in [-0.2, -0.15) is 0 Å². The zero-order valence-corrected chi connectivity index (χ0v) is 19.4. The smallest absolute Gasteiger partial charge is 0.235 e. The monoisotopic (exact) mass is 468 g/mol. The zero-order chi connectivity index (χ0) is 23.7. The van der Waals surface area contributed by atoms with E-state index >= 15 is 0 Å². The number of hydrogen-bond donors (Lipinski definition) is 0. The number of halogens is 2. The van der Waals surface area contributed by atoms with E-state index in [1.54, 1.807) is 30.3 Å². The van der Waals surface area contributed by atoms with Crippen LogP contribution in [0.2, 0.25) is 5.02 Å². The Bertz CT molecular complexity index is 1390. The first-order valence-corrected chi connectivity index (χ1v) is 10.6. The fourth-order valence-electron chi connectivity index (χ4n) is 3.79. The first kappa shape index (κ1) is 22.7. The van der Waals surface area contributed by atoms with Gasteiger partial charge in [0.05, 0.1) is 24.6 Å². The molecule has 0 fully saturated rings. The van der Waals surface area contributed by atoms with Crippen molar-refractivity contribution in [1.29, 1.82) is 0 Å². The van der Waals surface area contributed by atoms with Crippen molar-refractivity contribution in [3.05, 3.63) is 86.3 Å². The molecule has 0 radical (unpaired) electrons. The maximum Gasteiger partial charge on any atom is 0.235 e. The van der Waals surface area contributed by atoms with E-state index in [0.717, 1.165) is 11.1 Å². The molecule has 7 heteroatoms. The normalized spacial score (nSPS) is 11.0. The Labute approximate surface area is 195 Å². The maximum atomic E-state index is 14.3. The van der Waals surface area contributed by atoms with Crippen LogP contribution in [0.5, 0.6) is 17.2 Å². The van der Waals surface area contributed by atoms with Gasteiger partial charge in [0, 0.05) is 11.1 Å². The van der Waals surface area contributed by atoms with Gasteiger partial charge in [-0.25, -0.2) is 4.39 Å². The first-order valence-electron chi connectivity index (χ1n) is 10.2. The van der Waals surface area contributed by atoms with Crippen LogP contribution < -0.4 is 19.6 Å². The lowest BCUT2D eigenvalue weighted by molar-refractivity contribution is 0.292. The van der Waals surface area contributed by atoms with Gasteiger partial charge < -0.3 is 18.6 Å². The van der Waals surface area contributed by atoms with E-state index < -0.39 is 5.82 Å². The lowest BCUT2D eigenvalue weighted by Gasteiger charge is -2.15. The van der Waals surface area contributed by atoms with Gasteiger partial charge in [0.15, 0.2) is 17.3 Å². The highest BCUT2D eigenvalue weighted by Gasteiger charge is 2.21. The Kier molecular flexibility index (Phi) is 6.29. The first-order chi connectivity index (χ1) is 15.8. The third-order valence-electron chi connectivity index (χ3n) is 5.36. The molecule has 0 atom stereocenters. The summed E-state index contributed by atoms with van der Waals surface area (Å²) < 4.78 is 37.1. The summed E-state index contributed by atoms with van der Waals surface area (Å²) in [6, 6.07) is 13.2. The Morgan fingerprint density at radius 1 is 1.00 bits per heavy atom. The molecule has 1 aromatic heterocycles. The third-order valence-corrected chi connectivity index (χ3v) is 5.72. The molecule has 4 rings (SSSR count). The topological polar surface area (TPSA) is 57.9 Å². The van der Waals surface area contributed by atoms with Crippen molar-refractivity contribution in [2.24, 2.45) is 0 Å². The van der Waals surface area contributed by atoms with Crippen molar-refractivity contribution >= 4 is 22.6 Å². The van der Waals surface area contributed by atoms with Crippen molar-refractivity contribution in [3.63, 3.8) is 0 Å². The number of methoxy groups -OCH3 is 2. The molecule has 0 saturated carbocycles. The molecule has 0 bridgehead atoms. The van der Waals surface area contributed by atoms with Crippen LogP contribution in [0.1, 0.15) is 16.7 Å². The summed E-state index contributed by atoms with van der Waals surface area (Å²) in [7, 11) is 3.05. The van der Waals surface area contributed by atoms with Crippen LogP contribution in [0, 0.1) is 19.7 Å². The minimum absolute atomic E-state index is 0.0407. The van der Waals surface area contributed by atoms with Gasteiger partial charge in [-0.05, 0) is 61.4 Å². The molecule has 3 aromatic carbocycles. The second-order valence-corrected chi connectivity index (χ2v) is 8.01. The zero-order valence-electron chi connectivity index (χ0n) is 18.6. The van der Waals surface area contributed by atoms with Gasteiger partial charge in [-0.3, -0.25) is 4.79 Å². The second-order valence-electron chi connectivity index (χ2n) is 7.60. The lowest BCUT2D eigenvalue weighted by atomic mass is 10.0. The molecule has 0 spiro atoms. The third kappa shape index (κ3) is 4.26. The quantitative estimate of drug-likeness (QED) is 0.325. The predicted octanol–water partition coefficient (Wildman–Crippen LogP) is 6.47. The van der Waals surface area contributed by atoms with E-state index in [2.05, 4.69) is 0 Å². The standard InChI is InChI=1S/C26H22ClFO5/c1-14-10-15(2)23-22(11-14)33-25(16-8-9-20(30-3)21(12-16)31-4)26(24(23)29)32-13-17-18(27)6-5-7-19(17)28/h5-12H,13H2,1-4H3. The average molecular weight is 469 g/mol. The van der Waals surface area contributed by atoms with E-state index in [4.69, 9.17) is 30.2 Å². The van der Waals surface area contributed by atoms with Crippen molar-refractivity contribution in [2.45, 2.75) is 20.5 Å². The molecule has 0 saturated heterocycles. The van der Waals surface area contributed by atoms with Crippen molar-refractivity contribution in [3.8, 4) is 28.6 Å². The Balaban J connectivity index is 1.93. The number of benzene rings is 3. The van der Waals surface area contributed by atoms with Gasteiger partial charge in [0.1, 0.15) is 18.0 Å². The van der Waals surface area contributed by atoms with E-state index in [-0.39, 0.29) is 34.1 Å². The maximum absolute atomic E-state index is 14.3. The van der Waals surface area contributed by atoms with Crippen LogP contribution in [0.25, 0.3) is 22.3 Å². The fourth-order valence-corrected chi connectivity index (χ4v) is 4.00. The molecule has 33 heavy (non-hydrogen) atoms. The van der Waals surface area contributed by atoms with Gasteiger partial charge in [-0.15, -0.1) is 0 Å². The van der Waals surface area contributed by atoms with Gasteiger partial charge in [-0.1, -0.05) is 23.7 Å². The molecule has 170 valence electrons. The SMILES string of the molecule is COc1ccc(-c2oc3cc(C)cc(C)c3c(=O)c2OCc2c(F)cccc2Cl)cc1OC. The predicted molar refractivity (Wildman–Crippen MR) is 126 cm³/mol. The number of ether oxygens (including phenoxy) is 3. The Morgan fingerprint density at radius 3 is 2.45 bits per heavy atom. The van der Waals surface area contributed by atoms with E-state index in [1.807, 2.05) is 19.9 Å². The summed E-state index contributed by atoms with van der Waals surface area (Å²) in [4.78, 5) is 13.6. The van der Waals surface area contributed by atoms with Crippen LogP contribution in [0.15, 0.2) is 57.7 Å². The van der Waals surface area contributed by atoms with E-state index in [0.29, 0.717) is 28.0 Å². The largest absolute Gasteiger partial charge is 0.493 e. The summed E-state index contributed by atoms with van der Waals surface area (Å²) in [5.41, 5.74) is 2.47. The van der Waals surface area contributed by atoms with Crippen LogP contribution in [0.3, 0.4) is 0 Å². The van der Waals surface area contributed by atoms with E-state index in [9.17, 15) is 9.18 Å². The lowest BCUT2D eigenvalue weighted by Crippen LogP contribution is -2.12. The van der Waals surface area contributed by atoms with Gasteiger partial charge >= 0.3 is 0 Å². The van der Waals surface area contributed by atoms with Gasteiger partial charge in [0.25, 0.3) is 0 Å². The fraction of sp³-hybridized carbons (Fsp3) is 0.192. The highest BCUT2D eigenvalue weighted by molar-refractivity contribution is 6.31. The Morgan fingerprint density at radius 2 is 1.76 bits per heavy atom. The van der Waals surface area contributed by atoms with Crippen LogP contribution >= 0.6 is 11.6 Å². The van der Waals surface area contributed by atoms with Crippen molar-refractivity contribution in [1.82, 2.24) is 0 Å². The summed E-state index contributed by atoms with van der Waals surface area (Å²) in [5, 5.41) is 0.610. The van der Waals surface area contributed by atoms with Crippen LogP contribution in [0.4, 0.5) is 4.39 Å². The molecular weight excluding hydrogens is 447 g/mol. The molecule has 5 nitrogen and oxygen atoms in total. The minimum atomic E-state index is -0.521. The highest BCUT2D eigenvalue weighted by atomic mass is 35.5. The molecule has 0 N–H and O–H groups in total. The minimum Gasteiger partial charge on any atom is -0.493 e. The van der Waals surface area contributed by atoms with E-state index in [1.165, 1.54) is 26.4 Å². The van der Waals surface area contributed by atoms with Crippen LogP contribution in [-0.2, 0) is 6.61 Å². The van der Waals surface area contributed by atoms with Gasteiger partial charge in [0.2, 0.25) is 11.2 Å². The Hall–Kier alpha value is -3.51. The second kappa shape index (κ2) is 9.16. The number of fused-ring (bicyclic) bond motifs is 1. The molecule has 0 aliphatic rings. The molecule has 1 heterocycles.